The molecule has 0 aliphatic heterocycles. The van der Waals surface area contributed by atoms with E-state index in [1.807, 2.05) is 0 Å². The van der Waals surface area contributed by atoms with E-state index in [0.717, 1.165) is 0 Å². The van der Waals surface area contributed by atoms with Crippen molar-refractivity contribution in [3.8, 4) is 0 Å². The minimum absolute atomic E-state index is 0. The van der Waals surface area contributed by atoms with Crippen LogP contribution >= 0.6 is 0 Å². The van der Waals surface area contributed by atoms with Gasteiger partial charge in [0.2, 0.25) is 0 Å². The quantitative estimate of drug-likeness (QED) is 0.319. The largest absolute Gasteiger partial charge is 0.655 e. The van der Waals surface area contributed by atoms with Crippen molar-refractivity contribution in [1.29, 1.82) is 0 Å². The average molecular weight is 643 g/mol. The van der Waals surface area contributed by atoms with Crippen LogP contribution in [0.4, 0.5) is 0 Å². The summed E-state index contributed by atoms with van der Waals surface area (Å²) in [6, 6.07) is 0. The van der Waals surface area contributed by atoms with Crippen LogP contribution in [-0.4, -0.2) is 11.8 Å². The summed E-state index contributed by atoms with van der Waals surface area (Å²) in [4.78, 5) is 12.5. The van der Waals surface area contributed by atoms with Crippen LogP contribution in [0.25, 0.3) is 5.73 Å². The molecule has 0 saturated heterocycles. The summed E-state index contributed by atoms with van der Waals surface area (Å²) in [6.45, 7) is -0.618. The summed E-state index contributed by atoms with van der Waals surface area (Å²) in [6.07, 6.45) is 0. The van der Waals surface area contributed by atoms with Crippen molar-refractivity contribution < 1.29 is 73.1 Å². The molecule has 0 bridgehead atoms. The molecule has 0 spiro atoms. The minimum Gasteiger partial charge on any atom is -0.655 e. The van der Waals surface area contributed by atoms with Crippen molar-refractivity contribution in [3.05, 3.63) is 15.8 Å². The monoisotopic (exact) mass is 643 g/mol. The van der Waals surface area contributed by atoms with E-state index in [4.69, 9.17) is 15.8 Å². The molecule has 0 aromatic rings. The molecule has 0 aromatic carbocycles. The number of hydrogen-bond acceptors (Lipinski definition) is 3. The van der Waals surface area contributed by atoms with E-state index < -0.39 is 11.8 Å². The van der Waals surface area contributed by atoms with Gasteiger partial charge in [0.05, 0.1) is 0 Å². The molecule has 0 amide bonds. The van der Waals surface area contributed by atoms with E-state index in [-0.39, 0.29) is 63.2 Å². The molecule has 9 heavy (non-hydrogen) atoms. The standard InChI is InChI=1S/CH3N2O3.3W/c2-1-6-3(4)5;;;/h2H,1H2;;;/q-1;;;. The number of rotatable bonds is 2. The van der Waals surface area contributed by atoms with Crippen molar-refractivity contribution in [2.24, 2.45) is 0 Å². The Hall–Kier alpha value is 1.22. The molecule has 0 atom stereocenters. The van der Waals surface area contributed by atoms with Crippen molar-refractivity contribution in [3.63, 3.8) is 0 Å². The van der Waals surface area contributed by atoms with Crippen LogP contribution in [0.1, 0.15) is 0 Å². The molecule has 0 unspecified atom stereocenters. The Kier molecular flexibility index (Phi) is 40.2. The normalized spacial score (nSPS) is 5.00. The molecular formula is CH3N2O3W3-. The zero-order valence-corrected chi connectivity index (χ0v) is 12.9. The summed E-state index contributed by atoms with van der Waals surface area (Å²) in [5, 5.41) is 8.06. The number of hydrogen-bond donors (Lipinski definition) is 0. The van der Waals surface area contributed by atoms with Gasteiger partial charge in [0.25, 0.3) is 5.09 Å². The predicted molar refractivity (Wildman–Crippen MR) is 17.3 cm³/mol. The maximum absolute atomic E-state index is 9.06. The van der Waals surface area contributed by atoms with Gasteiger partial charge >= 0.3 is 0 Å². The second kappa shape index (κ2) is 16.1. The molecule has 0 fully saturated rings. The van der Waals surface area contributed by atoms with Crippen LogP contribution in [0, 0.1) is 10.1 Å². The number of nitrogens with zero attached hydrogens (tertiary/aromatic N) is 1. The zero-order valence-electron chi connectivity index (χ0n) is 4.10. The second-order valence-corrected chi connectivity index (χ2v) is 0.497. The Morgan fingerprint density at radius 1 is 1.44 bits per heavy atom. The molecule has 5 nitrogen and oxygen atoms in total. The summed E-state index contributed by atoms with van der Waals surface area (Å²) in [5.41, 5.74) is 6.07. The third-order valence-corrected chi connectivity index (χ3v) is 0.170. The first kappa shape index (κ1) is 22.5. The van der Waals surface area contributed by atoms with Crippen LogP contribution in [0.2, 0.25) is 0 Å². The molecule has 0 saturated carbocycles. The van der Waals surface area contributed by atoms with E-state index in [0.29, 0.717) is 0 Å². The van der Waals surface area contributed by atoms with Gasteiger partial charge in [0.1, 0.15) is 0 Å². The molecule has 1 N–H and O–H groups in total. The van der Waals surface area contributed by atoms with E-state index >= 15 is 0 Å². The van der Waals surface area contributed by atoms with Crippen LogP contribution in [-0.2, 0) is 68.0 Å². The van der Waals surface area contributed by atoms with E-state index in [2.05, 4.69) is 4.84 Å². The topological polar surface area (TPSA) is 76.2 Å². The van der Waals surface area contributed by atoms with Crippen LogP contribution < -0.4 is 0 Å². The first-order chi connectivity index (χ1) is 2.77. The van der Waals surface area contributed by atoms with E-state index in [9.17, 15) is 0 Å². The third kappa shape index (κ3) is 27.0. The molecule has 0 aliphatic carbocycles. The molecule has 0 rings (SSSR count). The van der Waals surface area contributed by atoms with Gasteiger partial charge in [-0.2, -0.15) is 0 Å². The van der Waals surface area contributed by atoms with Crippen molar-refractivity contribution in [2.75, 3.05) is 6.73 Å². The Morgan fingerprint density at radius 3 is 1.78 bits per heavy atom. The first-order valence-corrected chi connectivity index (χ1v) is 1.19. The Bertz CT molecular complexity index is 61.0. The Balaban J connectivity index is -0.0000000417. The molecule has 0 heterocycles. The molecule has 54 valence electrons. The maximum atomic E-state index is 9.06. The van der Waals surface area contributed by atoms with Gasteiger partial charge in [-0.1, -0.05) is 0 Å². The predicted octanol–water partition coefficient (Wildman–Crippen LogP) is 0.197. The van der Waals surface area contributed by atoms with Crippen LogP contribution in [0.3, 0.4) is 0 Å². The van der Waals surface area contributed by atoms with E-state index in [1.54, 1.807) is 0 Å². The van der Waals surface area contributed by atoms with E-state index in [1.165, 1.54) is 0 Å². The molecule has 0 aliphatic rings. The van der Waals surface area contributed by atoms with Gasteiger partial charge in [0, 0.05) is 69.9 Å². The summed E-state index contributed by atoms with van der Waals surface area (Å²) in [7, 11) is 0. The molecule has 8 heteroatoms. The maximum Gasteiger partial charge on any atom is 0.292 e. The van der Waals surface area contributed by atoms with Crippen molar-refractivity contribution >= 4 is 0 Å². The smallest absolute Gasteiger partial charge is 0.292 e. The average Bonchev–Trinajstić information content (AvgIpc) is 1.35. The van der Waals surface area contributed by atoms with Gasteiger partial charge in [0.15, 0.2) is 0 Å². The second-order valence-electron chi connectivity index (χ2n) is 0.497. The fourth-order valence-corrected chi connectivity index (χ4v) is 0.0527. The molecular weight excluding hydrogens is 640 g/mol. The molecule has 0 radical (unpaired) electrons. The minimum atomic E-state index is -1.01. The Labute approximate surface area is 95.0 Å². The summed E-state index contributed by atoms with van der Waals surface area (Å²) in [5.74, 6) is 0. The zero-order chi connectivity index (χ0) is 4.99. The Morgan fingerprint density at radius 2 is 1.78 bits per heavy atom. The fraction of sp³-hybridized carbons (Fsp3) is 1.00. The fourth-order valence-electron chi connectivity index (χ4n) is 0.0527. The summed E-state index contributed by atoms with van der Waals surface area (Å²) >= 11 is 0. The van der Waals surface area contributed by atoms with Gasteiger partial charge in [-0.25, -0.2) is 0 Å². The van der Waals surface area contributed by atoms with Crippen LogP contribution in [0.15, 0.2) is 0 Å². The number of nitrogens with one attached hydrogen (secondary N) is 1. The van der Waals surface area contributed by atoms with Crippen LogP contribution in [0.5, 0.6) is 0 Å². The SMILES string of the molecule is [NH-]CO[N+](=O)[O-].[W].[W].[W]. The third-order valence-electron chi connectivity index (χ3n) is 0.170. The van der Waals surface area contributed by atoms with Gasteiger partial charge in [-0.3, -0.25) is 0 Å². The van der Waals surface area contributed by atoms with Crippen molar-refractivity contribution in [1.82, 2.24) is 0 Å². The van der Waals surface area contributed by atoms with Gasteiger partial charge in [-0.15, -0.1) is 10.1 Å². The molecule has 0 aromatic heterocycles. The van der Waals surface area contributed by atoms with Gasteiger partial charge in [-0.05, 0) is 0 Å². The van der Waals surface area contributed by atoms with Gasteiger partial charge < -0.3 is 10.6 Å². The first-order valence-electron chi connectivity index (χ1n) is 1.19. The van der Waals surface area contributed by atoms with Crippen molar-refractivity contribution in [2.45, 2.75) is 0 Å². The summed E-state index contributed by atoms with van der Waals surface area (Å²) < 4.78 is 0.